The van der Waals surface area contributed by atoms with Crippen LogP contribution in [-0.2, 0) is 16.0 Å². The third-order valence-corrected chi connectivity index (χ3v) is 7.11. The van der Waals surface area contributed by atoms with E-state index in [1.165, 1.54) is 16.8 Å². The van der Waals surface area contributed by atoms with Crippen molar-refractivity contribution in [1.82, 2.24) is 15.2 Å². The Labute approximate surface area is 198 Å². The van der Waals surface area contributed by atoms with Crippen molar-refractivity contribution in [1.29, 1.82) is 0 Å². The molecule has 170 valence electrons. The minimum absolute atomic E-state index is 0.0801. The average Bonchev–Trinajstić information content (AvgIpc) is 3.33. The quantitative estimate of drug-likeness (QED) is 0.342. The molecule has 1 fully saturated rings. The average molecular weight is 484 g/mol. The lowest BCUT2D eigenvalue weighted by Gasteiger charge is -2.13. The molecule has 6 nitrogen and oxygen atoms in total. The zero-order valence-electron chi connectivity index (χ0n) is 17.8. The molecule has 3 amide bonds. The van der Waals surface area contributed by atoms with E-state index in [2.05, 4.69) is 16.4 Å². The Morgan fingerprint density at radius 3 is 2.70 bits per heavy atom. The lowest BCUT2D eigenvalue weighted by atomic mass is 10.2. The van der Waals surface area contributed by atoms with Gasteiger partial charge in [-0.3, -0.25) is 19.3 Å². The summed E-state index contributed by atoms with van der Waals surface area (Å²) in [6.45, 7) is 0.262. The van der Waals surface area contributed by atoms with Crippen molar-refractivity contribution in [3.63, 3.8) is 0 Å². The van der Waals surface area contributed by atoms with Crippen LogP contribution in [0.4, 0.5) is 9.18 Å². The van der Waals surface area contributed by atoms with Crippen LogP contribution in [0.2, 0.25) is 0 Å². The number of halogens is 1. The lowest BCUT2D eigenvalue weighted by Crippen LogP contribution is -2.37. The van der Waals surface area contributed by atoms with Crippen LogP contribution in [-0.4, -0.2) is 40.0 Å². The molecule has 0 bridgehead atoms. The zero-order valence-corrected chi connectivity index (χ0v) is 19.4. The molecule has 9 heteroatoms. The van der Waals surface area contributed by atoms with Crippen LogP contribution >= 0.6 is 23.1 Å². The number of aromatic nitrogens is 1. The second kappa shape index (κ2) is 10.7. The van der Waals surface area contributed by atoms with Crippen molar-refractivity contribution in [2.45, 2.75) is 25.7 Å². The molecular weight excluding hydrogens is 461 g/mol. The number of fused-ring (bicyclic) bond motifs is 1. The van der Waals surface area contributed by atoms with Gasteiger partial charge >= 0.3 is 0 Å². The molecule has 0 atom stereocenters. The van der Waals surface area contributed by atoms with Gasteiger partial charge in [0.15, 0.2) is 0 Å². The second-order valence-electron chi connectivity index (χ2n) is 7.49. The maximum atomic E-state index is 13.8. The van der Waals surface area contributed by atoms with Crippen LogP contribution in [0.3, 0.4) is 0 Å². The summed E-state index contributed by atoms with van der Waals surface area (Å²) in [5.41, 5.74) is 1.26. The minimum Gasteiger partial charge on any atom is -0.354 e. The number of benzene rings is 2. The molecular formula is C24H22FN3O3S2. The third-order valence-electron chi connectivity index (χ3n) is 5.11. The molecule has 1 aliphatic rings. The second-order valence-corrected chi connectivity index (χ2v) is 9.60. The number of para-hydroxylation sites is 1. The number of imide groups is 1. The van der Waals surface area contributed by atoms with Gasteiger partial charge in [-0.25, -0.2) is 9.37 Å². The lowest BCUT2D eigenvalue weighted by molar-refractivity contribution is -0.124. The van der Waals surface area contributed by atoms with Gasteiger partial charge in [-0.1, -0.05) is 30.3 Å². The van der Waals surface area contributed by atoms with Gasteiger partial charge in [0.05, 0.1) is 20.1 Å². The number of aryl methyl sites for hydroxylation is 1. The highest BCUT2D eigenvalue weighted by atomic mass is 32.2. The number of unbranched alkanes of at least 4 members (excludes halogenated alkanes) is 1. The highest BCUT2D eigenvalue weighted by molar-refractivity contribution is 8.18. The first kappa shape index (κ1) is 23.1. The number of thiazole rings is 1. The number of nitrogens with zero attached hydrogens (tertiary/aromatic N) is 2. The normalized spacial score (nSPS) is 15.1. The van der Waals surface area contributed by atoms with E-state index in [1.807, 2.05) is 18.2 Å². The Morgan fingerprint density at radius 1 is 1.09 bits per heavy atom. The molecule has 1 N–H and O–H groups in total. The molecule has 0 spiro atoms. The van der Waals surface area contributed by atoms with Crippen LogP contribution in [0.15, 0.2) is 53.4 Å². The van der Waals surface area contributed by atoms with E-state index >= 15 is 0 Å². The van der Waals surface area contributed by atoms with Crippen LogP contribution < -0.4 is 5.32 Å². The number of amides is 3. The van der Waals surface area contributed by atoms with Crippen molar-refractivity contribution in [2.24, 2.45) is 0 Å². The third kappa shape index (κ3) is 5.85. The Bertz CT molecular complexity index is 1190. The van der Waals surface area contributed by atoms with Crippen molar-refractivity contribution >= 4 is 56.4 Å². The zero-order chi connectivity index (χ0) is 23.2. The van der Waals surface area contributed by atoms with Crippen molar-refractivity contribution in [3.05, 3.63) is 69.8 Å². The SMILES string of the molecule is O=C(CCCCc1nc2ccccc2s1)NCCN1C(=O)S/C(=C\c2ccccc2F)C1=O. The number of rotatable bonds is 9. The molecule has 0 saturated carbocycles. The molecule has 1 saturated heterocycles. The fourth-order valence-electron chi connectivity index (χ4n) is 3.41. The Morgan fingerprint density at radius 2 is 1.88 bits per heavy atom. The van der Waals surface area contributed by atoms with Gasteiger partial charge in [0.1, 0.15) is 5.82 Å². The minimum atomic E-state index is -0.474. The summed E-state index contributed by atoms with van der Waals surface area (Å²) in [7, 11) is 0. The van der Waals surface area contributed by atoms with Gasteiger partial charge < -0.3 is 5.32 Å². The largest absolute Gasteiger partial charge is 0.354 e. The van der Waals surface area contributed by atoms with Crippen LogP contribution in [0, 0.1) is 5.82 Å². The molecule has 2 heterocycles. The highest BCUT2D eigenvalue weighted by Crippen LogP contribution is 2.32. The number of nitrogens with one attached hydrogen (secondary N) is 1. The summed E-state index contributed by atoms with van der Waals surface area (Å²) in [6.07, 6.45) is 4.17. The van der Waals surface area contributed by atoms with E-state index in [0.717, 1.165) is 46.4 Å². The van der Waals surface area contributed by atoms with Crippen LogP contribution in [0.25, 0.3) is 16.3 Å². The highest BCUT2D eigenvalue weighted by Gasteiger charge is 2.34. The first-order valence-corrected chi connectivity index (χ1v) is 12.3. The Kier molecular flexibility index (Phi) is 7.51. The maximum Gasteiger partial charge on any atom is 0.293 e. The fourth-order valence-corrected chi connectivity index (χ4v) is 5.28. The first-order chi connectivity index (χ1) is 16.0. The molecule has 33 heavy (non-hydrogen) atoms. The van der Waals surface area contributed by atoms with Gasteiger partial charge in [-0.2, -0.15) is 0 Å². The molecule has 0 radical (unpaired) electrons. The van der Waals surface area contributed by atoms with E-state index in [4.69, 9.17) is 0 Å². The van der Waals surface area contributed by atoms with E-state index in [-0.39, 0.29) is 29.5 Å². The standard InChI is InChI=1S/C24H22FN3O3S2/c25-17-8-2-1-7-16(17)15-20-23(30)28(24(31)33-20)14-13-26-21(29)11-5-6-12-22-27-18-9-3-4-10-19(18)32-22/h1-4,7-10,15H,5-6,11-14H2,(H,26,29)/b20-15-. The van der Waals surface area contributed by atoms with Crippen LogP contribution in [0.1, 0.15) is 29.8 Å². The van der Waals surface area contributed by atoms with Crippen LogP contribution in [0.5, 0.6) is 0 Å². The fraction of sp³-hybridized carbons (Fsp3) is 0.250. The summed E-state index contributed by atoms with van der Waals surface area (Å²) < 4.78 is 15.0. The summed E-state index contributed by atoms with van der Waals surface area (Å²) in [6, 6.07) is 14.1. The summed E-state index contributed by atoms with van der Waals surface area (Å²) in [4.78, 5) is 42.6. The van der Waals surface area contributed by atoms with Gasteiger partial charge in [0.2, 0.25) is 5.91 Å². The topological polar surface area (TPSA) is 79.4 Å². The number of hydrogen-bond donors (Lipinski definition) is 1. The smallest absolute Gasteiger partial charge is 0.293 e. The molecule has 2 aromatic carbocycles. The van der Waals surface area contributed by atoms with E-state index < -0.39 is 17.0 Å². The van der Waals surface area contributed by atoms with E-state index in [9.17, 15) is 18.8 Å². The summed E-state index contributed by atoms with van der Waals surface area (Å²) in [5.74, 6) is -1.05. The number of carbonyl (C=O) groups excluding carboxylic acids is 3. The Hall–Kier alpha value is -3.04. The van der Waals surface area contributed by atoms with Gasteiger partial charge in [-0.05, 0) is 55.3 Å². The van der Waals surface area contributed by atoms with E-state index in [0.29, 0.717) is 6.42 Å². The maximum absolute atomic E-state index is 13.8. The van der Waals surface area contributed by atoms with Gasteiger partial charge in [0.25, 0.3) is 11.1 Å². The predicted octanol–water partition coefficient (Wildman–Crippen LogP) is 5.00. The predicted molar refractivity (Wildman–Crippen MR) is 129 cm³/mol. The monoisotopic (exact) mass is 483 g/mol. The number of thioether (sulfide) groups is 1. The Balaban J connectivity index is 1.18. The molecule has 1 aromatic heterocycles. The first-order valence-electron chi connectivity index (χ1n) is 10.6. The van der Waals surface area contributed by atoms with Gasteiger partial charge in [0, 0.05) is 25.1 Å². The molecule has 4 rings (SSSR count). The number of hydrogen-bond acceptors (Lipinski definition) is 6. The summed E-state index contributed by atoms with van der Waals surface area (Å²) >= 11 is 2.45. The number of carbonyl (C=O) groups is 3. The van der Waals surface area contributed by atoms with E-state index in [1.54, 1.807) is 29.5 Å². The van der Waals surface area contributed by atoms with Crippen molar-refractivity contribution in [3.8, 4) is 0 Å². The molecule has 1 aliphatic heterocycles. The molecule has 3 aromatic rings. The van der Waals surface area contributed by atoms with Crippen molar-refractivity contribution < 1.29 is 18.8 Å². The van der Waals surface area contributed by atoms with Gasteiger partial charge in [-0.15, -0.1) is 11.3 Å². The molecule has 0 unspecified atom stereocenters. The summed E-state index contributed by atoms with van der Waals surface area (Å²) in [5, 5.41) is 3.40. The molecule has 0 aliphatic carbocycles. The van der Waals surface area contributed by atoms with Crippen molar-refractivity contribution in [2.75, 3.05) is 13.1 Å².